The molecular weight excluding hydrogens is 254 g/mol. The standard InChI is InChI=1S/C14H23N5O/c1-4-11-17-12(15)9(2)13(18-11)19-7-5-6-10(8-19)14(20)16-3/h10H,4-8H2,1-3H3,(H,16,20)(H2,15,17,18). The Balaban J connectivity index is 2.26. The smallest absolute Gasteiger partial charge is 0.224 e. The Labute approximate surface area is 119 Å². The topological polar surface area (TPSA) is 84.1 Å². The highest BCUT2D eigenvalue weighted by molar-refractivity contribution is 5.79. The zero-order valence-corrected chi connectivity index (χ0v) is 12.4. The molecule has 1 fully saturated rings. The molecule has 1 aromatic rings. The lowest BCUT2D eigenvalue weighted by Crippen LogP contribution is -2.43. The van der Waals surface area contributed by atoms with Crippen LogP contribution in [0.4, 0.5) is 11.6 Å². The first kappa shape index (κ1) is 14.6. The van der Waals surface area contributed by atoms with Crippen molar-refractivity contribution in [3.63, 3.8) is 0 Å². The number of amides is 1. The van der Waals surface area contributed by atoms with Crippen LogP contribution in [0.5, 0.6) is 0 Å². The summed E-state index contributed by atoms with van der Waals surface area (Å²) in [6, 6.07) is 0. The summed E-state index contributed by atoms with van der Waals surface area (Å²) in [4.78, 5) is 22.9. The fourth-order valence-electron chi connectivity index (χ4n) is 2.62. The van der Waals surface area contributed by atoms with Crippen molar-refractivity contribution in [3.05, 3.63) is 11.4 Å². The highest BCUT2D eigenvalue weighted by atomic mass is 16.1. The predicted molar refractivity (Wildman–Crippen MR) is 79.6 cm³/mol. The molecule has 0 radical (unpaired) electrons. The van der Waals surface area contributed by atoms with E-state index in [1.165, 1.54) is 0 Å². The molecule has 1 saturated heterocycles. The lowest BCUT2D eigenvalue weighted by atomic mass is 9.97. The highest BCUT2D eigenvalue weighted by Crippen LogP contribution is 2.27. The third-order valence-electron chi connectivity index (χ3n) is 3.86. The quantitative estimate of drug-likeness (QED) is 0.857. The second-order valence-corrected chi connectivity index (χ2v) is 5.23. The van der Waals surface area contributed by atoms with Gasteiger partial charge in [0, 0.05) is 32.1 Å². The fourth-order valence-corrected chi connectivity index (χ4v) is 2.62. The van der Waals surface area contributed by atoms with Crippen molar-refractivity contribution < 1.29 is 4.79 Å². The minimum Gasteiger partial charge on any atom is -0.383 e. The Morgan fingerprint density at radius 1 is 1.50 bits per heavy atom. The molecule has 2 heterocycles. The van der Waals surface area contributed by atoms with Gasteiger partial charge in [0.25, 0.3) is 0 Å². The van der Waals surface area contributed by atoms with Crippen molar-refractivity contribution in [3.8, 4) is 0 Å². The Morgan fingerprint density at radius 2 is 2.25 bits per heavy atom. The van der Waals surface area contributed by atoms with Crippen LogP contribution >= 0.6 is 0 Å². The number of anilines is 2. The van der Waals surface area contributed by atoms with Crippen molar-refractivity contribution in [1.82, 2.24) is 15.3 Å². The van der Waals surface area contributed by atoms with Crippen LogP contribution in [0.1, 0.15) is 31.2 Å². The first-order chi connectivity index (χ1) is 9.56. The summed E-state index contributed by atoms with van der Waals surface area (Å²) >= 11 is 0. The molecule has 6 heteroatoms. The number of carbonyl (C=O) groups is 1. The molecule has 1 aliphatic rings. The summed E-state index contributed by atoms with van der Waals surface area (Å²) in [5.41, 5.74) is 6.87. The molecule has 1 amide bonds. The number of nitrogens with zero attached hydrogens (tertiary/aromatic N) is 3. The lowest BCUT2D eigenvalue weighted by molar-refractivity contribution is -0.124. The van der Waals surface area contributed by atoms with E-state index in [0.29, 0.717) is 12.4 Å². The molecule has 1 aromatic heterocycles. The van der Waals surface area contributed by atoms with Gasteiger partial charge in [0.05, 0.1) is 5.92 Å². The van der Waals surface area contributed by atoms with Gasteiger partial charge in [0.15, 0.2) is 0 Å². The first-order valence-electron chi connectivity index (χ1n) is 7.16. The van der Waals surface area contributed by atoms with Crippen LogP contribution < -0.4 is 16.0 Å². The number of rotatable bonds is 3. The van der Waals surface area contributed by atoms with Gasteiger partial charge < -0.3 is 16.0 Å². The minimum absolute atomic E-state index is 0.0226. The van der Waals surface area contributed by atoms with Crippen molar-refractivity contribution in [2.75, 3.05) is 30.8 Å². The summed E-state index contributed by atoms with van der Waals surface area (Å²) in [7, 11) is 1.68. The van der Waals surface area contributed by atoms with Crippen LogP contribution in [-0.4, -0.2) is 36.0 Å². The number of nitrogens with two attached hydrogens (primary N) is 1. The van der Waals surface area contributed by atoms with Crippen LogP contribution in [0.25, 0.3) is 0 Å². The van der Waals surface area contributed by atoms with Gasteiger partial charge in [-0.25, -0.2) is 9.97 Å². The molecule has 0 aromatic carbocycles. The summed E-state index contributed by atoms with van der Waals surface area (Å²) in [5.74, 6) is 2.29. The molecule has 1 atom stereocenters. The lowest BCUT2D eigenvalue weighted by Gasteiger charge is -2.33. The third kappa shape index (κ3) is 2.84. The zero-order valence-electron chi connectivity index (χ0n) is 12.4. The molecular formula is C14H23N5O. The van der Waals surface area contributed by atoms with Gasteiger partial charge in [-0.05, 0) is 19.8 Å². The molecule has 20 heavy (non-hydrogen) atoms. The molecule has 6 nitrogen and oxygen atoms in total. The van der Waals surface area contributed by atoms with Gasteiger partial charge in [-0.15, -0.1) is 0 Å². The average Bonchev–Trinajstić information content (AvgIpc) is 2.49. The molecule has 0 saturated carbocycles. The van der Waals surface area contributed by atoms with Crippen LogP contribution in [0.2, 0.25) is 0 Å². The largest absolute Gasteiger partial charge is 0.383 e. The van der Waals surface area contributed by atoms with E-state index in [4.69, 9.17) is 5.73 Å². The molecule has 1 unspecified atom stereocenters. The zero-order chi connectivity index (χ0) is 14.7. The number of nitrogen functional groups attached to an aromatic ring is 1. The number of hydrogen-bond donors (Lipinski definition) is 2. The second-order valence-electron chi connectivity index (χ2n) is 5.23. The van der Waals surface area contributed by atoms with E-state index in [2.05, 4.69) is 20.2 Å². The Hall–Kier alpha value is -1.85. The summed E-state index contributed by atoms with van der Waals surface area (Å²) < 4.78 is 0. The van der Waals surface area contributed by atoms with E-state index in [0.717, 1.165) is 43.0 Å². The van der Waals surface area contributed by atoms with E-state index in [1.807, 2.05) is 13.8 Å². The summed E-state index contributed by atoms with van der Waals surface area (Å²) in [6.07, 6.45) is 2.67. The van der Waals surface area contributed by atoms with E-state index in [9.17, 15) is 4.79 Å². The first-order valence-corrected chi connectivity index (χ1v) is 7.16. The predicted octanol–water partition coefficient (Wildman–Crippen LogP) is 0.892. The van der Waals surface area contributed by atoms with Crippen LogP contribution in [0.15, 0.2) is 0 Å². The fraction of sp³-hybridized carbons (Fsp3) is 0.643. The SMILES string of the molecule is CCc1nc(N)c(C)c(N2CCCC(C(=O)NC)C2)n1. The highest BCUT2D eigenvalue weighted by Gasteiger charge is 2.27. The van der Waals surface area contributed by atoms with Gasteiger partial charge in [-0.3, -0.25) is 4.79 Å². The van der Waals surface area contributed by atoms with E-state index in [-0.39, 0.29) is 11.8 Å². The van der Waals surface area contributed by atoms with Crippen LogP contribution in [-0.2, 0) is 11.2 Å². The molecule has 110 valence electrons. The van der Waals surface area contributed by atoms with Crippen molar-refractivity contribution >= 4 is 17.5 Å². The Bertz CT molecular complexity index is 503. The minimum atomic E-state index is 0.0226. The average molecular weight is 277 g/mol. The van der Waals surface area contributed by atoms with Gasteiger partial charge >= 0.3 is 0 Å². The van der Waals surface area contributed by atoms with Gasteiger partial charge in [-0.2, -0.15) is 0 Å². The number of aryl methyl sites for hydroxylation is 1. The van der Waals surface area contributed by atoms with Crippen LogP contribution in [0, 0.1) is 12.8 Å². The molecule has 1 aliphatic heterocycles. The van der Waals surface area contributed by atoms with Gasteiger partial charge in [-0.1, -0.05) is 6.92 Å². The molecule has 0 aliphatic carbocycles. The number of nitrogens with one attached hydrogen (secondary N) is 1. The van der Waals surface area contributed by atoms with E-state index >= 15 is 0 Å². The van der Waals surface area contributed by atoms with Crippen molar-refractivity contribution in [1.29, 1.82) is 0 Å². The third-order valence-corrected chi connectivity index (χ3v) is 3.86. The van der Waals surface area contributed by atoms with Crippen LogP contribution in [0.3, 0.4) is 0 Å². The second kappa shape index (κ2) is 6.07. The Kier molecular flexibility index (Phi) is 4.42. The normalized spacial score (nSPS) is 18.9. The monoisotopic (exact) mass is 277 g/mol. The number of piperidine rings is 1. The van der Waals surface area contributed by atoms with Gasteiger partial charge in [0.2, 0.25) is 5.91 Å². The summed E-state index contributed by atoms with van der Waals surface area (Å²) in [5, 5.41) is 2.73. The summed E-state index contributed by atoms with van der Waals surface area (Å²) in [6.45, 7) is 5.55. The number of aromatic nitrogens is 2. The van der Waals surface area contributed by atoms with Crippen molar-refractivity contribution in [2.45, 2.75) is 33.1 Å². The number of carbonyl (C=O) groups excluding carboxylic acids is 1. The molecule has 0 spiro atoms. The molecule has 3 N–H and O–H groups in total. The molecule has 0 bridgehead atoms. The maximum atomic E-state index is 11.8. The van der Waals surface area contributed by atoms with Crippen molar-refractivity contribution in [2.24, 2.45) is 5.92 Å². The maximum Gasteiger partial charge on any atom is 0.224 e. The van der Waals surface area contributed by atoms with E-state index < -0.39 is 0 Å². The van der Waals surface area contributed by atoms with Gasteiger partial charge in [0.1, 0.15) is 17.5 Å². The number of hydrogen-bond acceptors (Lipinski definition) is 5. The maximum absolute atomic E-state index is 11.8. The van der Waals surface area contributed by atoms with E-state index in [1.54, 1.807) is 7.05 Å². The molecule has 2 rings (SSSR count). The Morgan fingerprint density at radius 3 is 2.90 bits per heavy atom.